The Kier molecular flexibility index (Phi) is 9.11. The molecule has 8 heteroatoms. The fraction of sp³-hybridized carbons (Fsp3) is 0.333. The normalized spacial score (nSPS) is 11.1. The summed E-state index contributed by atoms with van der Waals surface area (Å²) in [6, 6.07) is 12.6. The van der Waals surface area contributed by atoms with E-state index in [2.05, 4.69) is 10.5 Å². The summed E-state index contributed by atoms with van der Waals surface area (Å²) in [6.07, 6.45) is 0.647. The molecule has 0 fully saturated rings. The number of hydrogen-bond donors (Lipinski definition) is 2. The van der Waals surface area contributed by atoms with Crippen LogP contribution in [-0.2, 0) is 16.1 Å². The van der Waals surface area contributed by atoms with Crippen LogP contribution in [0, 0.1) is 0 Å². The van der Waals surface area contributed by atoms with Gasteiger partial charge in [0, 0.05) is 17.1 Å². The summed E-state index contributed by atoms with van der Waals surface area (Å²) in [6.45, 7) is 5.21. The van der Waals surface area contributed by atoms with E-state index in [-0.39, 0.29) is 18.3 Å². The van der Waals surface area contributed by atoms with E-state index in [0.717, 1.165) is 5.56 Å². The number of nitrogens with two attached hydrogens (primary N) is 1. The third-order valence-electron chi connectivity index (χ3n) is 3.84. The van der Waals surface area contributed by atoms with Gasteiger partial charge in [0.2, 0.25) is 0 Å². The summed E-state index contributed by atoms with van der Waals surface area (Å²) in [5.74, 6) is 1.31. The average molecular weight is 420 g/mol. The molecule has 7 nitrogen and oxygen atoms in total. The highest BCUT2D eigenvalue weighted by Gasteiger charge is 2.07. The van der Waals surface area contributed by atoms with Crippen molar-refractivity contribution in [1.29, 1.82) is 0 Å². The Bertz CT molecular complexity index is 825. The van der Waals surface area contributed by atoms with E-state index in [1.54, 1.807) is 24.3 Å². The van der Waals surface area contributed by atoms with Gasteiger partial charge in [-0.2, -0.15) is 0 Å². The standard InChI is InChI=1S/C21H26ClN3O4/c1-3-27-18-10-5-15(13-19(18)28-4-2)11-12-24-20(26)14-29-25-21(23)16-6-8-17(22)9-7-16/h5-10,13H,3-4,11-12,14H2,1-2H3,(H2,23,25)(H,24,26). The minimum absolute atomic E-state index is 0.173. The predicted molar refractivity (Wildman–Crippen MR) is 114 cm³/mol. The van der Waals surface area contributed by atoms with E-state index in [0.29, 0.717) is 48.3 Å². The molecule has 0 saturated carbocycles. The zero-order chi connectivity index (χ0) is 21.1. The molecule has 0 saturated heterocycles. The van der Waals surface area contributed by atoms with Crippen molar-refractivity contribution in [2.75, 3.05) is 26.4 Å². The molecule has 3 N–H and O–H groups in total. The molecule has 0 unspecified atom stereocenters. The molecule has 0 spiro atoms. The third kappa shape index (κ3) is 7.54. The summed E-state index contributed by atoms with van der Waals surface area (Å²) in [5, 5.41) is 7.13. The Balaban J connectivity index is 1.77. The number of amides is 1. The molecule has 1 amide bonds. The number of benzene rings is 2. The lowest BCUT2D eigenvalue weighted by Gasteiger charge is -2.12. The largest absolute Gasteiger partial charge is 0.490 e. The average Bonchev–Trinajstić information content (AvgIpc) is 2.70. The molecule has 0 bridgehead atoms. The lowest BCUT2D eigenvalue weighted by molar-refractivity contribution is -0.125. The highest BCUT2D eigenvalue weighted by atomic mass is 35.5. The SMILES string of the molecule is CCOc1ccc(CCNC(=O)CO/N=C(\N)c2ccc(Cl)cc2)cc1OCC. The van der Waals surface area contributed by atoms with Crippen LogP contribution in [0.15, 0.2) is 47.6 Å². The first-order valence-electron chi connectivity index (χ1n) is 9.40. The fourth-order valence-corrected chi connectivity index (χ4v) is 2.61. The van der Waals surface area contributed by atoms with E-state index in [4.69, 9.17) is 31.6 Å². The van der Waals surface area contributed by atoms with Gasteiger partial charge < -0.3 is 25.4 Å². The molecule has 156 valence electrons. The first-order valence-corrected chi connectivity index (χ1v) is 9.77. The van der Waals surface area contributed by atoms with Crippen molar-refractivity contribution in [3.63, 3.8) is 0 Å². The number of nitrogens with zero attached hydrogens (tertiary/aromatic N) is 1. The monoisotopic (exact) mass is 419 g/mol. The van der Waals surface area contributed by atoms with Gasteiger partial charge in [-0.05, 0) is 62.2 Å². The lowest BCUT2D eigenvalue weighted by Crippen LogP contribution is -2.29. The van der Waals surface area contributed by atoms with E-state index in [1.807, 2.05) is 32.0 Å². The van der Waals surface area contributed by atoms with Gasteiger partial charge in [0.1, 0.15) is 0 Å². The number of ether oxygens (including phenoxy) is 2. The van der Waals surface area contributed by atoms with Crippen molar-refractivity contribution in [2.45, 2.75) is 20.3 Å². The minimum atomic E-state index is -0.284. The topological polar surface area (TPSA) is 95.2 Å². The van der Waals surface area contributed by atoms with Crippen LogP contribution in [0.5, 0.6) is 11.5 Å². The Hall–Kier alpha value is -2.93. The molecular weight excluding hydrogens is 394 g/mol. The summed E-state index contributed by atoms with van der Waals surface area (Å²) in [4.78, 5) is 16.9. The van der Waals surface area contributed by atoms with Crippen molar-refractivity contribution in [3.05, 3.63) is 58.6 Å². The molecule has 2 aromatic rings. The number of amidine groups is 1. The number of oxime groups is 1. The van der Waals surface area contributed by atoms with Gasteiger partial charge in [0.15, 0.2) is 23.9 Å². The molecule has 0 heterocycles. The van der Waals surface area contributed by atoms with Gasteiger partial charge >= 0.3 is 0 Å². The second kappa shape index (κ2) is 11.8. The molecule has 0 aliphatic carbocycles. The van der Waals surface area contributed by atoms with Gasteiger partial charge in [-0.1, -0.05) is 22.8 Å². The van der Waals surface area contributed by atoms with Gasteiger partial charge in [0.25, 0.3) is 5.91 Å². The molecule has 0 atom stereocenters. The highest BCUT2D eigenvalue weighted by molar-refractivity contribution is 6.30. The van der Waals surface area contributed by atoms with Crippen LogP contribution >= 0.6 is 11.6 Å². The number of hydrogen-bond acceptors (Lipinski definition) is 5. The molecule has 29 heavy (non-hydrogen) atoms. The highest BCUT2D eigenvalue weighted by Crippen LogP contribution is 2.28. The first kappa shape index (κ1) is 22.4. The van der Waals surface area contributed by atoms with Crippen LogP contribution in [0.2, 0.25) is 5.02 Å². The van der Waals surface area contributed by atoms with Crippen molar-refractivity contribution < 1.29 is 19.1 Å². The first-order chi connectivity index (χ1) is 14.0. The van der Waals surface area contributed by atoms with E-state index in [9.17, 15) is 4.79 Å². The zero-order valence-electron chi connectivity index (χ0n) is 16.6. The van der Waals surface area contributed by atoms with Crippen LogP contribution in [0.1, 0.15) is 25.0 Å². The Labute approximate surface area is 175 Å². The molecule has 0 aliphatic heterocycles. The second-order valence-electron chi connectivity index (χ2n) is 6.00. The van der Waals surface area contributed by atoms with Gasteiger partial charge in [0.05, 0.1) is 13.2 Å². The quantitative estimate of drug-likeness (QED) is 0.331. The zero-order valence-corrected chi connectivity index (χ0v) is 17.4. The van der Waals surface area contributed by atoms with Gasteiger partial charge in [-0.25, -0.2) is 0 Å². The van der Waals surface area contributed by atoms with Gasteiger partial charge in [-0.3, -0.25) is 4.79 Å². The van der Waals surface area contributed by atoms with Crippen LogP contribution in [-0.4, -0.2) is 38.1 Å². The second-order valence-corrected chi connectivity index (χ2v) is 6.44. The van der Waals surface area contributed by atoms with Crippen LogP contribution in [0.3, 0.4) is 0 Å². The number of carbonyl (C=O) groups is 1. The summed E-state index contributed by atoms with van der Waals surface area (Å²) >= 11 is 5.82. The molecule has 2 aromatic carbocycles. The van der Waals surface area contributed by atoms with Crippen LogP contribution in [0.25, 0.3) is 0 Å². The number of nitrogens with one attached hydrogen (secondary N) is 1. The third-order valence-corrected chi connectivity index (χ3v) is 4.09. The lowest BCUT2D eigenvalue weighted by atomic mass is 10.1. The summed E-state index contributed by atoms with van der Waals surface area (Å²) in [5.41, 5.74) is 7.50. The maximum atomic E-state index is 11.9. The van der Waals surface area contributed by atoms with Crippen molar-refractivity contribution in [1.82, 2.24) is 5.32 Å². The number of halogens is 1. The fourth-order valence-electron chi connectivity index (χ4n) is 2.48. The van der Waals surface area contributed by atoms with Crippen LogP contribution < -0.4 is 20.5 Å². The number of rotatable bonds is 11. The van der Waals surface area contributed by atoms with Gasteiger partial charge in [-0.15, -0.1) is 0 Å². The smallest absolute Gasteiger partial charge is 0.260 e. The maximum Gasteiger partial charge on any atom is 0.260 e. The Morgan fingerprint density at radius 2 is 1.76 bits per heavy atom. The molecule has 0 aliphatic rings. The maximum absolute atomic E-state index is 11.9. The molecule has 0 radical (unpaired) electrons. The summed E-state index contributed by atoms with van der Waals surface area (Å²) < 4.78 is 11.2. The van der Waals surface area contributed by atoms with Crippen LogP contribution in [0.4, 0.5) is 0 Å². The number of carbonyl (C=O) groups excluding carboxylic acids is 1. The Morgan fingerprint density at radius 3 is 2.45 bits per heavy atom. The summed E-state index contributed by atoms with van der Waals surface area (Å²) in [7, 11) is 0. The van der Waals surface area contributed by atoms with Crippen molar-refractivity contribution in [3.8, 4) is 11.5 Å². The van der Waals surface area contributed by atoms with Crippen molar-refractivity contribution in [2.24, 2.45) is 10.9 Å². The van der Waals surface area contributed by atoms with E-state index < -0.39 is 0 Å². The van der Waals surface area contributed by atoms with Crippen molar-refractivity contribution >= 4 is 23.3 Å². The molecule has 0 aromatic heterocycles. The predicted octanol–water partition coefficient (Wildman–Crippen LogP) is 3.13. The Morgan fingerprint density at radius 1 is 1.07 bits per heavy atom. The minimum Gasteiger partial charge on any atom is -0.490 e. The molecular formula is C21H26ClN3O4. The van der Waals surface area contributed by atoms with E-state index >= 15 is 0 Å². The molecule has 2 rings (SSSR count). The van der Waals surface area contributed by atoms with E-state index in [1.165, 1.54) is 0 Å².